The Balaban J connectivity index is 0.000000218. The van der Waals surface area contributed by atoms with Gasteiger partial charge in [-0.25, -0.2) is 0 Å². The van der Waals surface area contributed by atoms with Gasteiger partial charge in [0.05, 0.1) is 5.30 Å². The van der Waals surface area contributed by atoms with E-state index in [1.807, 2.05) is 72.8 Å². The summed E-state index contributed by atoms with van der Waals surface area (Å²) in [5.74, 6) is 0.838. The zero-order chi connectivity index (χ0) is 26.3. The molecule has 1 aliphatic heterocycles. The van der Waals surface area contributed by atoms with Gasteiger partial charge in [-0.2, -0.15) is 0 Å². The Bertz CT molecular complexity index is 1140. The molecule has 0 amide bonds. The summed E-state index contributed by atoms with van der Waals surface area (Å²) in [6, 6.07) is 38.2. The summed E-state index contributed by atoms with van der Waals surface area (Å²) in [6.07, 6.45) is 7.10. The van der Waals surface area contributed by atoms with Crippen LogP contribution in [0.1, 0.15) is 59.8 Å². The SMILES string of the molecule is CC(C)[P+]1(C(C)C)c2cccc3cccc(c23)[B@@-]1(Br)C1CCCCC1.c1ccccc1.c1ccccc1. The molecule has 1 saturated carbocycles. The summed E-state index contributed by atoms with van der Waals surface area (Å²) in [5.41, 5.74) is 3.13. The Labute approximate surface area is 234 Å². The van der Waals surface area contributed by atoms with E-state index < -0.39 is 11.8 Å². The van der Waals surface area contributed by atoms with Crippen LogP contribution in [0.15, 0.2) is 109 Å². The lowest BCUT2D eigenvalue weighted by Gasteiger charge is -2.54. The van der Waals surface area contributed by atoms with Gasteiger partial charge in [-0.3, -0.25) is 15.8 Å². The van der Waals surface area contributed by atoms with E-state index in [9.17, 15) is 0 Å². The number of hydrogen-bond acceptors (Lipinski definition) is 0. The smallest absolute Gasteiger partial charge is 0.262 e. The van der Waals surface area contributed by atoms with Crippen LogP contribution >= 0.6 is 22.9 Å². The highest BCUT2D eigenvalue weighted by molar-refractivity contribution is 9.31. The van der Waals surface area contributed by atoms with Crippen molar-refractivity contribution in [2.45, 2.75) is 76.9 Å². The summed E-state index contributed by atoms with van der Waals surface area (Å²) in [6.45, 7) is 10.1. The van der Waals surface area contributed by atoms with Crippen LogP contribution in [0, 0.1) is 0 Å². The van der Waals surface area contributed by atoms with E-state index >= 15 is 0 Å². The highest BCUT2D eigenvalue weighted by atomic mass is 79.9. The van der Waals surface area contributed by atoms with Crippen LogP contribution in [0.3, 0.4) is 0 Å². The van der Waals surface area contributed by atoms with Gasteiger partial charge in [0, 0.05) is 11.3 Å². The van der Waals surface area contributed by atoms with Gasteiger partial charge in [-0.15, -0.1) is 11.3 Å². The zero-order valence-electron chi connectivity index (χ0n) is 23.1. The molecule has 1 atom stereocenters. The van der Waals surface area contributed by atoms with Gasteiger partial charge < -0.3 is 0 Å². The third kappa shape index (κ3) is 5.35. The zero-order valence-corrected chi connectivity index (χ0v) is 25.5. The highest BCUT2D eigenvalue weighted by Crippen LogP contribution is 2.80. The number of benzene rings is 4. The minimum atomic E-state index is -1.36. The highest BCUT2D eigenvalue weighted by Gasteiger charge is 2.64. The van der Waals surface area contributed by atoms with E-state index in [-0.39, 0.29) is 0 Å². The molecular formula is C34H43BBrP. The second-order valence-corrected chi connectivity index (χ2v) is 18.4. The Morgan fingerprint density at radius 3 is 1.49 bits per heavy atom. The molecular weight excluding hydrogens is 530 g/mol. The Hall–Kier alpha value is -1.89. The minimum absolute atomic E-state index is 0.702. The van der Waals surface area contributed by atoms with Crippen molar-refractivity contribution in [2.75, 3.05) is 0 Å². The van der Waals surface area contributed by atoms with Gasteiger partial charge in [0.2, 0.25) is 0 Å². The second-order valence-electron chi connectivity index (χ2n) is 11.2. The van der Waals surface area contributed by atoms with Crippen molar-refractivity contribution in [3.63, 3.8) is 0 Å². The fraction of sp³-hybridized carbons (Fsp3) is 0.353. The predicted molar refractivity (Wildman–Crippen MR) is 175 cm³/mol. The first-order valence-electron chi connectivity index (χ1n) is 14.2. The summed E-state index contributed by atoms with van der Waals surface area (Å²) in [5, 5.41) is 4.80. The fourth-order valence-electron chi connectivity index (χ4n) is 7.41. The van der Waals surface area contributed by atoms with Crippen molar-refractivity contribution in [1.82, 2.24) is 0 Å². The third-order valence-electron chi connectivity index (χ3n) is 8.71. The molecule has 6 rings (SSSR count). The molecule has 0 bridgehead atoms. The number of rotatable bonds is 3. The molecule has 1 fully saturated rings. The molecule has 194 valence electrons. The maximum atomic E-state index is 4.62. The standard InChI is InChI=1S/C22H31BBrP.2C6H6/c1-16(2)25(17(3)4)21-15-9-11-18-10-8-14-20(22(18)21)23(25,24)19-12-6-5-7-13-19;2*1-2-4-6-5-3-1/h8-11,14-17,19H,5-7,12-13H2,1-4H3;2*1-6H/t23-;;/m1../s1. The first kappa shape index (κ1) is 28.1. The molecule has 0 saturated heterocycles. The van der Waals surface area contributed by atoms with Crippen molar-refractivity contribution in [3.8, 4) is 0 Å². The van der Waals surface area contributed by atoms with Crippen LogP contribution in [-0.2, 0) is 0 Å². The topological polar surface area (TPSA) is 0 Å². The van der Waals surface area contributed by atoms with Gasteiger partial charge >= 0.3 is 0 Å². The van der Waals surface area contributed by atoms with Gasteiger partial charge in [-0.05, 0) is 44.5 Å². The Morgan fingerprint density at radius 2 is 1.05 bits per heavy atom. The van der Waals surface area contributed by atoms with Crippen molar-refractivity contribution >= 4 is 49.1 Å². The first-order chi connectivity index (χ1) is 18.0. The van der Waals surface area contributed by atoms with Gasteiger partial charge in [-0.1, -0.05) is 142 Å². The molecule has 4 aromatic rings. The fourth-order valence-corrected chi connectivity index (χ4v) is 18.9. The molecule has 0 N–H and O–H groups in total. The second kappa shape index (κ2) is 12.8. The maximum Gasteiger partial charge on any atom is 0.262 e. The number of hydrogen-bond donors (Lipinski definition) is 0. The molecule has 1 heterocycles. The van der Waals surface area contributed by atoms with Crippen molar-refractivity contribution in [1.29, 1.82) is 0 Å². The van der Waals surface area contributed by atoms with Gasteiger partial charge in [0.25, 0.3) is 4.69 Å². The quantitative estimate of drug-likeness (QED) is 0.169. The van der Waals surface area contributed by atoms with Crippen molar-refractivity contribution < 1.29 is 0 Å². The Kier molecular flexibility index (Phi) is 9.71. The van der Waals surface area contributed by atoms with Crippen LogP contribution in [-0.4, -0.2) is 16.0 Å². The summed E-state index contributed by atoms with van der Waals surface area (Å²) >= 11 is 4.62. The number of halogens is 1. The molecule has 37 heavy (non-hydrogen) atoms. The molecule has 0 radical (unpaired) electrons. The van der Waals surface area contributed by atoms with E-state index in [1.165, 1.54) is 37.5 Å². The molecule has 0 unspecified atom stereocenters. The van der Waals surface area contributed by atoms with Crippen LogP contribution in [0.2, 0.25) is 5.82 Å². The molecule has 0 aromatic heterocycles. The van der Waals surface area contributed by atoms with E-state index in [0.29, 0.717) is 0 Å². The van der Waals surface area contributed by atoms with E-state index in [1.54, 1.807) is 16.2 Å². The average molecular weight is 573 g/mol. The van der Waals surface area contributed by atoms with Crippen molar-refractivity contribution in [3.05, 3.63) is 109 Å². The molecule has 0 nitrogen and oxygen atoms in total. The normalized spacial score (nSPS) is 20.2. The van der Waals surface area contributed by atoms with Crippen molar-refractivity contribution in [2.24, 2.45) is 0 Å². The van der Waals surface area contributed by atoms with Gasteiger partial charge in [0.15, 0.2) is 0 Å². The molecule has 3 heteroatoms. The lowest BCUT2D eigenvalue weighted by molar-refractivity contribution is 0.499. The lowest BCUT2D eigenvalue weighted by Crippen LogP contribution is -2.51. The van der Waals surface area contributed by atoms with Gasteiger partial charge in [0.1, 0.15) is 0 Å². The molecule has 1 aliphatic carbocycles. The lowest BCUT2D eigenvalue weighted by atomic mass is 9.52. The largest absolute Gasteiger partial charge is 0.294 e. The summed E-state index contributed by atoms with van der Waals surface area (Å²) in [7, 11) is -1.36. The van der Waals surface area contributed by atoms with Crippen LogP contribution < -0.4 is 10.8 Å². The summed E-state index contributed by atoms with van der Waals surface area (Å²) < 4.78 is -0.702. The van der Waals surface area contributed by atoms with Crippen LogP contribution in [0.4, 0.5) is 0 Å². The monoisotopic (exact) mass is 572 g/mol. The Morgan fingerprint density at radius 1 is 0.622 bits per heavy atom. The molecule has 4 aromatic carbocycles. The predicted octanol–water partition coefficient (Wildman–Crippen LogP) is 10.1. The molecule has 2 aliphatic rings. The van der Waals surface area contributed by atoms with E-state index in [0.717, 1.165) is 17.1 Å². The van der Waals surface area contributed by atoms with E-state index in [4.69, 9.17) is 0 Å². The van der Waals surface area contributed by atoms with E-state index in [2.05, 4.69) is 79.9 Å². The molecule has 0 spiro atoms. The summed E-state index contributed by atoms with van der Waals surface area (Å²) in [4.78, 5) is 0. The van der Waals surface area contributed by atoms with Crippen LogP contribution in [0.5, 0.6) is 0 Å². The average Bonchev–Trinajstić information content (AvgIpc) is 3.20. The maximum absolute atomic E-state index is 4.62. The minimum Gasteiger partial charge on any atom is -0.294 e. The van der Waals surface area contributed by atoms with Crippen LogP contribution in [0.25, 0.3) is 10.8 Å². The first-order valence-corrected chi connectivity index (χ1v) is 17.1. The third-order valence-corrected chi connectivity index (χ3v) is 18.5.